The summed E-state index contributed by atoms with van der Waals surface area (Å²) >= 11 is 0. The van der Waals surface area contributed by atoms with Gasteiger partial charge in [-0.2, -0.15) is 13.2 Å². The molecule has 1 aliphatic carbocycles. The first-order valence-electron chi connectivity index (χ1n) is 5.47. The number of benzene rings is 1. The molecule has 1 aromatic rings. The molecule has 0 bridgehead atoms. The van der Waals surface area contributed by atoms with E-state index >= 15 is 0 Å². The topological polar surface area (TPSA) is 32.3 Å². The van der Waals surface area contributed by atoms with Gasteiger partial charge in [-0.15, -0.1) is 0 Å². The number of phenolic OH excluding ortho intramolecular Hbond substituents is 1. The lowest BCUT2D eigenvalue weighted by Gasteiger charge is -2.25. The summed E-state index contributed by atoms with van der Waals surface area (Å²) in [6.45, 7) is 1.69. The molecule has 2 nitrogen and oxygen atoms in total. The molecule has 1 aliphatic rings. The largest absolute Gasteiger partial charge is 0.508 e. The first-order chi connectivity index (χ1) is 7.84. The Balaban J connectivity index is 2.07. The third kappa shape index (κ3) is 2.39. The number of halogens is 3. The van der Waals surface area contributed by atoms with E-state index in [4.69, 9.17) is 5.11 Å². The molecule has 5 heteroatoms. The lowest BCUT2D eigenvalue weighted by Crippen LogP contribution is -2.45. The minimum atomic E-state index is -4.20. The van der Waals surface area contributed by atoms with Crippen LogP contribution < -0.4 is 5.32 Å². The Hall–Kier alpha value is -1.23. The van der Waals surface area contributed by atoms with E-state index in [-0.39, 0.29) is 24.6 Å². The van der Waals surface area contributed by atoms with E-state index in [9.17, 15) is 13.2 Å². The fraction of sp³-hybridized carbons (Fsp3) is 0.500. The van der Waals surface area contributed by atoms with Gasteiger partial charge in [-0.25, -0.2) is 0 Å². The van der Waals surface area contributed by atoms with Crippen LogP contribution >= 0.6 is 0 Å². The third-order valence-corrected chi connectivity index (χ3v) is 3.18. The van der Waals surface area contributed by atoms with Gasteiger partial charge in [-0.05, 0) is 37.5 Å². The lowest BCUT2D eigenvalue weighted by atomic mass is 10.1. The van der Waals surface area contributed by atoms with Crippen molar-refractivity contribution >= 4 is 0 Å². The second-order valence-corrected chi connectivity index (χ2v) is 4.54. The molecule has 0 heterocycles. The van der Waals surface area contributed by atoms with Crippen LogP contribution in [-0.4, -0.2) is 16.8 Å². The van der Waals surface area contributed by atoms with Crippen LogP contribution in [-0.2, 0) is 0 Å². The highest BCUT2D eigenvalue weighted by molar-refractivity contribution is 5.28. The summed E-state index contributed by atoms with van der Waals surface area (Å²) in [7, 11) is 0. The van der Waals surface area contributed by atoms with Crippen molar-refractivity contribution in [1.29, 1.82) is 0 Å². The van der Waals surface area contributed by atoms with E-state index in [1.807, 2.05) is 0 Å². The van der Waals surface area contributed by atoms with Gasteiger partial charge < -0.3 is 5.11 Å². The molecule has 1 aromatic carbocycles. The van der Waals surface area contributed by atoms with Crippen LogP contribution in [0.3, 0.4) is 0 Å². The summed E-state index contributed by atoms with van der Waals surface area (Å²) < 4.78 is 38.2. The predicted octanol–water partition coefficient (Wildman–Crippen LogP) is 3.14. The minimum absolute atomic E-state index is 0.109. The maximum atomic E-state index is 12.7. The molecule has 2 rings (SSSR count). The Morgan fingerprint density at radius 2 is 1.76 bits per heavy atom. The van der Waals surface area contributed by atoms with E-state index in [2.05, 4.69) is 5.32 Å². The molecule has 1 fully saturated rings. The number of alkyl halides is 3. The molecule has 0 aromatic heterocycles. The average molecular weight is 245 g/mol. The zero-order valence-corrected chi connectivity index (χ0v) is 9.38. The highest BCUT2D eigenvalue weighted by atomic mass is 19.4. The number of aromatic hydroxyl groups is 1. The van der Waals surface area contributed by atoms with Gasteiger partial charge in [0.15, 0.2) is 0 Å². The summed E-state index contributed by atoms with van der Waals surface area (Å²) in [4.78, 5) is 0. The van der Waals surface area contributed by atoms with Crippen LogP contribution in [0.4, 0.5) is 13.2 Å². The monoisotopic (exact) mass is 245 g/mol. The van der Waals surface area contributed by atoms with E-state index < -0.39 is 11.7 Å². The SMILES string of the molecule is CC(NC1(C(F)(F)F)CC1)c1ccc(O)cc1. The smallest absolute Gasteiger partial charge is 0.406 e. The molecular formula is C12H14F3NO. The fourth-order valence-corrected chi connectivity index (χ4v) is 1.90. The van der Waals surface area contributed by atoms with E-state index in [0.29, 0.717) is 0 Å². The van der Waals surface area contributed by atoms with Gasteiger partial charge in [0.25, 0.3) is 0 Å². The van der Waals surface area contributed by atoms with Crippen molar-refractivity contribution in [1.82, 2.24) is 5.32 Å². The van der Waals surface area contributed by atoms with Gasteiger partial charge in [0, 0.05) is 6.04 Å². The Bertz CT molecular complexity index is 395. The first kappa shape index (κ1) is 12.2. The van der Waals surface area contributed by atoms with Crippen LogP contribution in [0.15, 0.2) is 24.3 Å². The van der Waals surface area contributed by atoms with E-state index in [0.717, 1.165) is 5.56 Å². The van der Waals surface area contributed by atoms with Gasteiger partial charge >= 0.3 is 6.18 Å². The zero-order valence-electron chi connectivity index (χ0n) is 9.38. The Labute approximate surface area is 97.5 Å². The van der Waals surface area contributed by atoms with Crippen molar-refractivity contribution in [3.63, 3.8) is 0 Å². The number of rotatable bonds is 3. The maximum Gasteiger partial charge on any atom is 0.406 e. The van der Waals surface area contributed by atoms with Crippen molar-refractivity contribution in [2.45, 2.75) is 37.5 Å². The van der Waals surface area contributed by atoms with Crippen molar-refractivity contribution in [3.8, 4) is 5.75 Å². The predicted molar refractivity (Wildman–Crippen MR) is 57.7 cm³/mol. The quantitative estimate of drug-likeness (QED) is 0.857. The van der Waals surface area contributed by atoms with Crippen LogP contribution in [0.5, 0.6) is 5.75 Å². The highest BCUT2D eigenvalue weighted by Crippen LogP contribution is 2.50. The van der Waals surface area contributed by atoms with Gasteiger partial charge in [0.2, 0.25) is 0 Å². The average Bonchev–Trinajstić information content (AvgIpc) is 2.98. The molecule has 0 spiro atoms. The molecule has 94 valence electrons. The highest BCUT2D eigenvalue weighted by Gasteiger charge is 2.63. The number of nitrogens with one attached hydrogen (secondary N) is 1. The van der Waals surface area contributed by atoms with E-state index in [1.165, 1.54) is 12.1 Å². The van der Waals surface area contributed by atoms with Crippen LogP contribution in [0.25, 0.3) is 0 Å². The van der Waals surface area contributed by atoms with Crippen LogP contribution in [0, 0.1) is 0 Å². The van der Waals surface area contributed by atoms with Crippen LogP contribution in [0.2, 0.25) is 0 Å². The molecule has 17 heavy (non-hydrogen) atoms. The Morgan fingerprint density at radius 1 is 1.24 bits per heavy atom. The van der Waals surface area contributed by atoms with Crippen LogP contribution in [0.1, 0.15) is 31.4 Å². The second kappa shape index (κ2) is 3.91. The molecule has 2 N–H and O–H groups in total. The van der Waals surface area contributed by atoms with Gasteiger partial charge in [-0.1, -0.05) is 12.1 Å². The van der Waals surface area contributed by atoms with Gasteiger partial charge in [-0.3, -0.25) is 5.32 Å². The zero-order chi connectivity index (χ0) is 12.7. The van der Waals surface area contributed by atoms with E-state index in [1.54, 1.807) is 19.1 Å². The van der Waals surface area contributed by atoms with Gasteiger partial charge in [0.1, 0.15) is 11.3 Å². The maximum absolute atomic E-state index is 12.7. The van der Waals surface area contributed by atoms with Crippen molar-refractivity contribution in [2.75, 3.05) is 0 Å². The molecule has 1 atom stereocenters. The summed E-state index contributed by atoms with van der Waals surface area (Å²) in [6, 6.07) is 5.81. The summed E-state index contributed by atoms with van der Waals surface area (Å²) in [6.07, 6.45) is -3.92. The number of hydrogen-bond donors (Lipinski definition) is 2. The number of hydrogen-bond acceptors (Lipinski definition) is 2. The molecule has 0 radical (unpaired) electrons. The lowest BCUT2D eigenvalue weighted by molar-refractivity contribution is -0.167. The summed E-state index contributed by atoms with van der Waals surface area (Å²) in [5.74, 6) is 0.109. The molecule has 0 amide bonds. The number of phenols is 1. The summed E-state index contributed by atoms with van der Waals surface area (Å²) in [5.41, 5.74) is -0.970. The standard InChI is InChI=1S/C12H14F3NO/c1-8(9-2-4-10(17)5-3-9)16-11(6-7-11)12(13,14)15/h2-5,8,16-17H,6-7H2,1H3. The normalized spacial score (nSPS) is 20.0. The summed E-state index contributed by atoms with van der Waals surface area (Å²) in [5, 5.41) is 11.7. The second-order valence-electron chi connectivity index (χ2n) is 4.54. The fourth-order valence-electron chi connectivity index (χ4n) is 1.90. The molecule has 1 unspecified atom stereocenters. The molecule has 0 saturated heterocycles. The third-order valence-electron chi connectivity index (χ3n) is 3.18. The molecular weight excluding hydrogens is 231 g/mol. The Morgan fingerprint density at radius 3 is 2.18 bits per heavy atom. The van der Waals surface area contributed by atoms with Crippen molar-refractivity contribution < 1.29 is 18.3 Å². The first-order valence-corrected chi connectivity index (χ1v) is 5.47. The van der Waals surface area contributed by atoms with Crippen molar-refractivity contribution in [3.05, 3.63) is 29.8 Å². The molecule has 0 aliphatic heterocycles. The van der Waals surface area contributed by atoms with Gasteiger partial charge in [0.05, 0.1) is 0 Å². The minimum Gasteiger partial charge on any atom is -0.508 e. The Kier molecular flexibility index (Phi) is 2.81. The van der Waals surface area contributed by atoms with Crippen molar-refractivity contribution in [2.24, 2.45) is 0 Å². The molecule has 1 saturated carbocycles.